The van der Waals surface area contributed by atoms with Gasteiger partial charge in [-0.25, -0.2) is 9.59 Å². The van der Waals surface area contributed by atoms with E-state index in [1.54, 1.807) is 31.2 Å². The first-order valence-electron chi connectivity index (χ1n) is 5.52. The SMILES string of the molecule is COC(=O)C(C)=NNc1ccc2oc(=O)ccc2c1. The Hall–Kier alpha value is -2.63. The van der Waals surface area contributed by atoms with Crippen LogP contribution >= 0.6 is 0 Å². The summed E-state index contributed by atoms with van der Waals surface area (Å²) in [6.07, 6.45) is 0. The van der Waals surface area contributed by atoms with Crippen molar-refractivity contribution >= 4 is 28.3 Å². The van der Waals surface area contributed by atoms with E-state index in [-0.39, 0.29) is 5.71 Å². The number of methoxy groups -OCH3 is 1. The minimum Gasteiger partial charge on any atom is -0.464 e. The average molecular weight is 260 g/mol. The second kappa shape index (κ2) is 5.34. The molecule has 1 heterocycles. The van der Waals surface area contributed by atoms with Gasteiger partial charge in [-0.15, -0.1) is 0 Å². The average Bonchev–Trinajstić information content (AvgIpc) is 2.43. The van der Waals surface area contributed by atoms with Crippen LogP contribution in [0.1, 0.15) is 6.92 Å². The smallest absolute Gasteiger partial charge is 0.353 e. The highest BCUT2D eigenvalue weighted by atomic mass is 16.5. The zero-order valence-corrected chi connectivity index (χ0v) is 10.5. The standard InChI is InChI=1S/C13H12N2O4/c1-8(13(17)18-2)14-15-10-4-5-11-9(7-10)3-6-12(16)19-11/h3-7,15H,1-2H3. The van der Waals surface area contributed by atoms with Crippen LogP contribution in [0.2, 0.25) is 0 Å². The van der Waals surface area contributed by atoms with Crippen molar-refractivity contribution in [2.75, 3.05) is 12.5 Å². The number of fused-ring (bicyclic) bond motifs is 1. The predicted molar refractivity (Wildman–Crippen MR) is 71.2 cm³/mol. The number of rotatable bonds is 3. The Balaban J connectivity index is 2.25. The third-order valence-corrected chi connectivity index (χ3v) is 2.45. The molecule has 19 heavy (non-hydrogen) atoms. The summed E-state index contributed by atoms with van der Waals surface area (Å²) < 4.78 is 9.53. The zero-order chi connectivity index (χ0) is 13.8. The quantitative estimate of drug-likeness (QED) is 0.393. The highest BCUT2D eigenvalue weighted by Crippen LogP contribution is 2.17. The molecule has 0 radical (unpaired) electrons. The maximum Gasteiger partial charge on any atom is 0.353 e. The van der Waals surface area contributed by atoms with E-state index in [9.17, 15) is 9.59 Å². The molecule has 6 heteroatoms. The first kappa shape index (κ1) is 12.8. The number of carbonyl (C=O) groups excluding carboxylic acids is 1. The van der Waals surface area contributed by atoms with Crippen molar-refractivity contribution < 1.29 is 13.9 Å². The van der Waals surface area contributed by atoms with Gasteiger partial charge in [0.15, 0.2) is 0 Å². The van der Waals surface area contributed by atoms with Gasteiger partial charge in [0, 0.05) is 11.5 Å². The molecule has 1 aromatic heterocycles. The third kappa shape index (κ3) is 2.98. The van der Waals surface area contributed by atoms with Crippen LogP contribution in [0.15, 0.2) is 44.6 Å². The highest BCUT2D eigenvalue weighted by molar-refractivity contribution is 6.35. The molecule has 0 atom stereocenters. The number of hydrogen-bond acceptors (Lipinski definition) is 6. The van der Waals surface area contributed by atoms with Gasteiger partial charge in [0.05, 0.1) is 12.8 Å². The monoisotopic (exact) mass is 260 g/mol. The number of ether oxygens (including phenoxy) is 1. The van der Waals surface area contributed by atoms with E-state index in [1.165, 1.54) is 13.2 Å². The summed E-state index contributed by atoms with van der Waals surface area (Å²) in [5.74, 6) is -0.501. The molecule has 0 aliphatic carbocycles. The normalized spacial score (nSPS) is 11.4. The van der Waals surface area contributed by atoms with Crippen molar-refractivity contribution in [3.63, 3.8) is 0 Å². The number of nitrogens with one attached hydrogen (secondary N) is 1. The van der Waals surface area contributed by atoms with Gasteiger partial charge in [-0.1, -0.05) is 0 Å². The second-order valence-electron chi connectivity index (χ2n) is 3.81. The molecule has 1 aromatic carbocycles. The summed E-state index contributed by atoms with van der Waals surface area (Å²) in [7, 11) is 1.29. The predicted octanol–water partition coefficient (Wildman–Crippen LogP) is 1.75. The highest BCUT2D eigenvalue weighted by Gasteiger charge is 2.04. The van der Waals surface area contributed by atoms with E-state index in [0.29, 0.717) is 11.3 Å². The van der Waals surface area contributed by atoms with Gasteiger partial charge < -0.3 is 9.15 Å². The van der Waals surface area contributed by atoms with Crippen molar-refractivity contribution in [3.8, 4) is 0 Å². The molecular formula is C13H12N2O4. The number of hydrogen-bond donors (Lipinski definition) is 1. The van der Waals surface area contributed by atoms with E-state index in [1.807, 2.05) is 0 Å². The molecule has 0 fully saturated rings. The number of hydrazone groups is 1. The van der Waals surface area contributed by atoms with Crippen LogP contribution in [0.25, 0.3) is 11.0 Å². The van der Waals surface area contributed by atoms with Gasteiger partial charge in [0.25, 0.3) is 0 Å². The molecule has 0 saturated carbocycles. The lowest BCUT2D eigenvalue weighted by Gasteiger charge is -2.03. The van der Waals surface area contributed by atoms with Crippen LogP contribution in [-0.4, -0.2) is 18.8 Å². The van der Waals surface area contributed by atoms with Crippen molar-refractivity contribution in [1.29, 1.82) is 0 Å². The lowest BCUT2D eigenvalue weighted by Crippen LogP contribution is -2.13. The lowest BCUT2D eigenvalue weighted by molar-refractivity contribution is -0.132. The molecule has 0 spiro atoms. The number of carbonyl (C=O) groups is 1. The summed E-state index contributed by atoms with van der Waals surface area (Å²) in [4.78, 5) is 22.2. The molecule has 0 bridgehead atoms. The van der Waals surface area contributed by atoms with E-state index < -0.39 is 11.6 Å². The number of nitrogens with zero attached hydrogens (tertiary/aromatic N) is 1. The molecule has 0 aliphatic heterocycles. The maximum absolute atomic E-state index is 11.1. The van der Waals surface area contributed by atoms with Gasteiger partial charge in [-0.2, -0.15) is 5.10 Å². The largest absolute Gasteiger partial charge is 0.464 e. The number of anilines is 1. The Morgan fingerprint density at radius 3 is 2.84 bits per heavy atom. The molecule has 0 saturated heterocycles. The van der Waals surface area contributed by atoms with Crippen molar-refractivity contribution in [2.45, 2.75) is 6.92 Å². The van der Waals surface area contributed by atoms with Crippen molar-refractivity contribution in [2.24, 2.45) is 5.10 Å². The fourth-order valence-electron chi connectivity index (χ4n) is 1.48. The van der Waals surface area contributed by atoms with Gasteiger partial charge in [-0.3, -0.25) is 5.43 Å². The molecule has 1 N–H and O–H groups in total. The lowest BCUT2D eigenvalue weighted by atomic mass is 10.2. The minimum absolute atomic E-state index is 0.210. The molecule has 2 rings (SSSR count). The summed E-state index contributed by atoms with van der Waals surface area (Å²) in [6.45, 7) is 1.54. The Bertz CT molecular complexity index is 703. The minimum atomic E-state index is -0.501. The first-order chi connectivity index (χ1) is 9.10. The summed E-state index contributed by atoms with van der Waals surface area (Å²) in [5.41, 5.74) is 3.71. The topological polar surface area (TPSA) is 80.9 Å². The van der Waals surface area contributed by atoms with Gasteiger partial charge in [0.2, 0.25) is 0 Å². The van der Waals surface area contributed by atoms with Gasteiger partial charge >= 0.3 is 11.6 Å². The van der Waals surface area contributed by atoms with Crippen LogP contribution in [0.5, 0.6) is 0 Å². The zero-order valence-electron chi connectivity index (χ0n) is 10.5. The van der Waals surface area contributed by atoms with Crippen LogP contribution in [0.4, 0.5) is 5.69 Å². The molecule has 2 aromatic rings. The number of benzene rings is 1. The molecule has 98 valence electrons. The van der Waals surface area contributed by atoms with Crippen LogP contribution < -0.4 is 11.1 Å². The van der Waals surface area contributed by atoms with Crippen LogP contribution in [0.3, 0.4) is 0 Å². The molecular weight excluding hydrogens is 248 g/mol. The molecule has 6 nitrogen and oxygen atoms in total. The molecule has 0 aliphatic rings. The Kier molecular flexibility index (Phi) is 3.61. The van der Waals surface area contributed by atoms with Crippen LogP contribution in [-0.2, 0) is 9.53 Å². The fourth-order valence-corrected chi connectivity index (χ4v) is 1.48. The van der Waals surface area contributed by atoms with Crippen molar-refractivity contribution in [3.05, 3.63) is 40.8 Å². The van der Waals surface area contributed by atoms with E-state index in [4.69, 9.17) is 4.42 Å². The van der Waals surface area contributed by atoms with Crippen molar-refractivity contribution in [1.82, 2.24) is 0 Å². The maximum atomic E-state index is 11.1. The Morgan fingerprint density at radius 2 is 2.11 bits per heavy atom. The second-order valence-corrected chi connectivity index (χ2v) is 3.81. The third-order valence-electron chi connectivity index (χ3n) is 2.45. The fraction of sp³-hybridized carbons (Fsp3) is 0.154. The summed E-state index contributed by atoms with van der Waals surface area (Å²) in [5, 5.41) is 4.65. The Morgan fingerprint density at radius 1 is 1.32 bits per heavy atom. The van der Waals surface area contributed by atoms with E-state index >= 15 is 0 Å². The van der Waals surface area contributed by atoms with Gasteiger partial charge in [-0.05, 0) is 31.2 Å². The summed E-state index contributed by atoms with van der Waals surface area (Å²) >= 11 is 0. The van der Waals surface area contributed by atoms with E-state index in [2.05, 4.69) is 15.3 Å². The molecule has 0 unspecified atom stereocenters. The number of esters is 1. The first-order valence-corrected chi connectivity index (χ1v) is 5.52. The van der Waals surface area contributed by atoms with E-state index in [0.717, 1.165) is 5.39 Å². The molecule has 0 amide bonds. The van der Waals surface area contributed by atoms with Gasteiger partial charge in [0.1, 0.15) is 11.3 Å². The van der Waals surface area contributed by atoms with Crippen LogP contribution in [0, 0.1) is 0 Å². The summed E-state index contributed by atoms with van der Waals surface area (Å²) in [6, 6.07) is 8.10. The Labute approximate surface area is 108 Å².